The van der Waals surface area contributed by atoms with Crippen molar-refractivity contribution in [3.63, 3.8) is 0 Å². The van der Waals surface area contributed by atoms with Gasteiger partial charge in [0.2, 0.25) is 0 Å². The van der Waals surface area contributed by atoms with Crippen molar-refractivity contribution in [3.05, 3.63) is 0 Å². The first-order valence-electron chi connectivity index (χ1n) is 2.73. The van der Waals surface area contributed by atoms with Gasteiger partial charge in [0.1, 0.15) is 10.9 Å². The van der Waals surface area contributed by atoms with Crippen molar-refractivity contribution >= 4 is 59.4 Å². The molecule has 0 amide bonds. The Balaban J connectivity index is 3.86. The first-order chi connectivity index (χ1) is 4.95. The third-order valence-corrected chi connectivity index (χ3v) is 2.63. The highest BCUT2D eigenvalue weighted by molar-refractivity contribution is 7.88. The second-order valence-electron chi connectivity index (χ2n) is 1.86. The second-order valence-corrected chi connectivity index (χ2v) is 3.88. The van der Waals surface area contributed by atoms with Gasteiger partial charge >= 0.3 is 0 Å². The molecule has 11 heavy (non-hydrogen) atoms. The Morgan fingerprint density at radius 1 is 1.09 bits per heavy atom. The van der Waals surface area contributed by atoms with Gasteiger partial charge in [0.25, 0.3) is 0 Å². The topological polar surface area (TPSA) is 40.5 Å². The van der Waals surface area contributed by atoms with Crippen molar-refractivity contribution in [1.82, 2.24) is 0 Å². The fraction of sp³-hybridized carbons (Fsp3) is 0.600. The molecule has 0 aromatic heterocycles. The zero-order valence-electron chi connectivity index (χ0n) is 5.47. The third-order valence-electron chi connectivity index (χ3n) is 0.924. The van der Waals surface area contributed by atoms with Gasteiger partial charge in [-0.3, -0.25) is 0 Å². The highest BCUT2D eigenvalue weighted by Crippen LogP contribution is 2.05. The minimum atomic E-state index is -0.963. The van der Waals surface area contributed by atoms with Gasteiger partial charge in [0, 0.05) is 16.1 Å². The van der Waals surface area contributed by atoms with E-state index in [2.05, 4.69) is 25.3 Å². The minimum Gasteiger partial charge on any atom is -0.378 e. The van der Waals surface area contributed by atoms with Gasteiger partial charge in [0.15, 0.2) is 0 Å². The van der Waals surface area contributed by atoms with Crippen LogP contribution in [0.1, 0.15) is 6.42 Å². The number of hydrogen-bond acceptors (Lipinski definition) is 6. The average molecular weight is 228 g/mol. The highest BCUT2D eigenvalue weighted by Gasteiger charge is 2.11. The van der Waals surface area contributed by atoms with E-state index in [1.54, 1.807) is 0 Å². The standard InChI is InChI=1S/C5H8O2S4/c6-4(10)2(8)1-3(9)5(7)11/h4-7,10-11H,1H2. The molecule has 0 aromatic carbocycles. The number of hydrogen-bond donors (Lipinski definition) is 4. The van der Waals surface area contributed by atoms with Crippen LogP contribution in [0.15, 0.2) is 0 Å². The Kier molecular flexibility index (Phi) is 5.84. The van der Waals surface area contributed by atoms with Crippen LogP contribution in [0, 0.1) is 0 Å². The van der Waals surface area contributed by atoms with E-state index in [9.17, 15) is 0 Å². The van der Waals surface area contributed by atoms with Crippen molar-refractivity contribution in [2.24, 2.45) is 0 Å². The molecular weight excluding hydrogens is 220 g/mol. The summed E-state index contributed by atoms with van der Waals surface area (Å²) in [5.41, 5.74) is -1.93. The molecule has 0 rings (SSSR count). The molecule has 0 aliphatic carbocycles. The number of thiol groups is 2. The molecule has 0 aliphatic heterocycles. The molecule has 0 spiro atoms. The smallest absolute Gasteiger partial charge is 0.128 e. The van der Waals surface area contributed by atoms with Crippen LogP contribution in [0.5, 0.6) is 0 Å². The summed E-state index contributed by atoms with van der Waals surface area (Å²) in [4.78, 5) is 0.595. The monoisotopic (exact) mass is 228 g/mol. The van der Waals surface area contributed by atoms with E-state index in [4.69, 9.17) is 34.6 Å². The van der Waals surface area contributed by atoms with Crippen molar-refractivity contribution in [1.29, 1.82) is 0 Å². The molecule has 2 nitrogen and oxygen atoms in total. The Morgan fingerprint density at radius 3 is 1.55 bits per heavy atom. The summed E-state index contributed by atoms with van der Waals surface area (Å²) in [6.07, 6.45) is 0.194. The molecule has 0 aliphatic rings. The van der Waals surface area contributed by atoms with Crippen LogP contribution in [0.25, 0.3) is 0 Å². The molecule has 2 atom stereocenters. The van der Waals surface area contributed by atoms with Crippen molar-refractivity contribution < 1.29 is 10.2 Å². The SMILES string of the molecule is OC(S)C(=S)CC(=S)C(O)S. The van der Waals surface area contributed by atoms with E-state index in [1.165, 1.54) is 0 Å². The molecule has 0 fully saturated rings. The normalized spacial score (nSPS) is 15.6. The van der Waals surface area contributed by atoms with Crippen molar-refractivity contribution in [2.45, 2.75) is 17.3 Å². The predicted octanol–water partition coefficient (Wildman–Crippen LogP) is 0.613. The lowest BCUT2D eigenvalue weighted by atomic mass is 10.2. The maximum Gasteiger partial charge on any atom is 0.128 e. The maximum absolute atomic E-state index is 8.81. The van der Waals surface area contributed by atoms with Crippen LogP contribution in [-0.4, -0.2) is 30.8 Å². The number of aliphatic hydroxyl groups excluding tert-OH is 2. The molecule has 0 bridgehead atoms. The lowest BCUT2D eigenvalue weighted by Gasteiger charge is -2.08. The third kappa shape index (κ3) is 5.10. The molecule has 2 unspecified atom stereocenters. The highest BCUT2D eigenvalue weighted by atomic mass is 32.1. The van der Waals surface area contributed by atoms with Crippen molar-refractivity contribution in [3.8, 4) is 0 Å². The zero-order chi connectivity index (χ0) is 9.02. The molecule has 6 heteroatoms. The number of rotatable bonds is 4. The minimum absolute atomic E-state index is 0.194. The second kappa shape index (κ2) is 5.45. The van der Waals surface area contributed by atoms with Crippen LogP contribution in [0.4, 0.5) is 0 Å². The Hall–Kier alpha value is 0.800. The number of aliphatic hydroxyl groups is 2. The molecular formula is C5H8O2S4. The maximum atomic E-state index is 8.81. The van der Waals surface area contributed by atoms with E-state index >= 15 is 0 Å². The molecule has 0 heterocycles. The van der Waals surface area contributed by atoms with Crippen LogP contribution < -0.4 is 0 Å². The average Bonchev–Trinajstić information content (AvgIpc) is 1.87. The summed E-state index contributed by atoms with van der Waals surface area (Å²) in [6.45, 7) is 0. The molecule has 0 saturated carbocycles. The predicted molar refractivity (Wildman–Crippen MR) is 59.8 cm³/mol. The lowest BCUT2D eigenvalue weighted by Crippen LogP contribution is -2.20. The van der Waals surface area contributed by atoms with Crippen LogP contribution in [0.2, 0.25) is 0 Å². The molecule has 0 saturated heterocycles. The quantitative estimate of drug-likeness (QED) is 0.323. The van der Waals surface area contributed by atoms with E-state index in [-0.39, 0.29) is 6.42 Å². The van der Waals surface area contributed by atoms with E-state index in [0.717, 1.165) is 0 Å². The fourth-order valence-corrected chi connectivity index (χ4v) is 0.939. The van der Waals surface area contributed by atoms with Gasteiger partial charge in [-0.05, 0) is 0 Å². The van der Waals surface area contributed by atoms with E-state index < -0.39 is 10.9 Å². The van der Waals surface area contributed by atoms with Gasteiger partial charge in [-0.1, -0.05) is 24.4 Å². The first-order valence-corrected chi connectivity index (χ1v) is 4.57. The number of thiocarbonyl (C=S) groups is 2. The fourth-order valence-electron chi connectivity index (χ4n) is 0.354. The van der Waals surface area contributed by atoms with Crippen molar-refractivity contribution in [2.75, 3.05) is 0 Å². The largest absolute Gasteiger partial charge is 0.378 e. The Bertz CT molecular complexity index is 148. The van der Waals surface area contributed by atoms with Gasteiger partial charge < -0.3 is 10.2 Å². The van der Waals surface area contributed by atoms with Crippen LogP contribution in [0.3, 0.4) is 0 Å². The summed E-state index contributed by atoms with van der Waals surface area (Å²) in [5, 5.41) is 17.6. The molecule has 0 aromatic rings. The summed E-state index contributed by atoms with van der Waals surface area (Å²) in [5.74, 6) is 0. The summed E-state index contributed by atoms with van der Waals surface area (Å²) < 4.78 is 0. The van der Waals surface area contributed by atoms with Crippen LogP contribution >= 0.6 is 49.7 Å². The Labute approximate surface area is 86.8 Å². The molecule has 0 radical (unpaired) electrons. The molecule has 2 N–H and O–H groups in total. The van der Waals surface area contributed by atoms with Gasteiger partial charge in [0.05, 0.1) is 0 Å². The summed E-state index contributed by atoms with van der Waals surface area (Å²) in [6, 6.07) is 0. The van der Waals surface area contributed by atoms with Crippen LogP contribution in [-0.2, 0) is 0 Å². The first kappa shape index (κ1) is 11.8. The van der Waals surface area contributed by atoms with E-state index in [0.29, 0.717) is 9.73 Å². The van der Waals surface area contributed by atoms with Gasteiger partial charge in [-0.2, -0.15) is 0 Å². The summed E-state index contributed by atoms with van der Waals surface area (Å²) >= 11 is 16.8. The zero-order valence-corrected chi connectivity index (χ0v) is 8.89. The van der Waals surface area contributed by atoms with Gasteiger partial charge in [-0.15, -0.1) is 25.3 Å². The van der Waals surface area contributed by atoms with Gasteiger partial charge in [-0.25, -0.2) is 0 Å². The molecule has 64 valence electrons. The Morgan fingerprint density at radius 2 is 1.36 bits per heavy atom. The summed E-state index contributed by atoms with van der Waals surface area (Å²) in [7, 11) is 0. The lowest BCUT2D eigenvalue weighted by molar-refractivity contribution is 0.324. The van der Waals surface area contributed by atoms with E-state index in [1.807, 2.05) is 0 Å².